The van der Waals surface area contributed by atoms with E-state index in [1.807, 2.05) is 42.2 Å². The van der Waals surface area contributed by atoms with Gasteiger partial charge in [0.05, 0.1) is 31.8 Å². The molecule has 0 saturated carbocycles. The van der Waals surface area contributed by atoms with E-state index in [9.17, 15) is 14.4 Å². The van der Waals surface area contributed by atoms with E-state index in [0.717, 1.165) is 16.7 Å². The van der Waals surface area contributed by atoms with E-state index >= 15 is 0 Å². The third kappa shape index (κ3) is 4.33. The lowest BCUT2D eigenvalue weighted by Crippen LogP contribution is -2.54. The topological polar surface area (TPSA) is 89.9 Å². The molecule has 170 valence electrons. The molecule has 0 unspecified atom stereocenters. The van der Waals surface area contributed by atoms with Crippen molar-refractivity contribution in [2.75, 3.05) is 40.0 Å². The summed E-state index contributed by atoms with van der Waals surface area (Å²) in [5.74, 6) is -0.342. The summed E-state index contributed by atoms with van der Waals surface area (Å²) in [5, 5.41) is 2.78. The number of hydrogen-bond acceptors (Lipinski definition) is 5. The molecule has 1 N–H and O–H groups in total. The zero-order valence-corrected chi connectivity index (χ0v) is 18.6. The molecule has 0 atom stereocenters. The number of benzene rings is 1. The first-order valence-electron chi connectivity index (χ1n) is 10.9. The molecule has 3 heterocycles. The van der Waals surface area contributed by atoms with Gasteiger partial charge in [-0.3, -0.25) is 14.4 Å². The predicted octanol–water partition coefficient (Wildman–Crippen LogP) is 1.19. The molecule has 2 aliphatic heterocycles. The second kappa shape index (κ2) is 9.26. The third-order valence-electron chi connectivity index (χ3n) is 6.13. The Bertz CT molecular complexity index is 1060. The summed E-state index contributed by atoms with van der Waals surface area (Å²) in [4.78, 5) is 41.1. The first-order valence-corrected chi connectivity index (χ1v) is 10.9. The van der Waals surface area contributed by atoms with E-state index in [-0.39, 0.29) is 17.0 Å². The van der Waals surface area contributed by atoms with Crippen molar-refractivity contribution in [3.8, 4) is 0 Å². The molecule has 4 rings (SSSR count). The van der Waals surface area contributed by atoms with Crippen molar-refractivity contribution >= 4 is 11.8 Å². The molecule has 8 heteroatoms. The lowest BCUT2D eigenvalue weighted by Gasteiger charge is -2.42. The standard InChI is InChI=1S/C24H29N3O5/c1-24(15-32-16-24)23(30)26-10-8-19-18(13-26)14-27(12-17-6-4-3-5-7-17)22(29)20(19)21(28)25-9-11-31-2/h3-7,14H,8-13,15-16H2,1-2H3,(H,25,28). The van der Waals surface area contributed by atoms with Crippen molar-refractivity contribution in [1.29, 1.82) is 0 Å². The van der Waals surface area contributed by atoms with Gasteiger partial charge < -0.3 is 24.3 Å². The normalized spacial score (nSPS) is 16.8. The van der Waals surface area contributed by atoms with Crippen molar-refractivity contribution in [3.05, 3.63) is 69.1 Å². The van der Waals surface area contributed by atoms with Crippen LogP contribution in [0.15, 0.2) is 41.3 Å². The highest BCUT2D eigenvalue weighted by molar-refractivity contribution is 5.96. The van der Waals surface area contributed by atoms with Crippen LogP contribution in [0.1, 0.15) is 34.0 Å². The van der Waals surface area contributed by atoms with Crippen LogP contribution in [0.2, 0.25) is 0 Å². The minimum Gasteiger partial charge on any atom is -0.383 e. The molecule has 2 amide bonds. The monoisotopic (exact) mass is 439 g/mol. The summed E-state index contributed by atoms with van der Waals surface area (Å²) in [6.45, 7) is 4.65. The second-order valence-corrected chi connectivity index (χ2v) is 8.71. The average molecular weight is 440 g/mol. The highest BCUT2D eigenvalue weighted by Gasteiger charge is 2.44. The van der Waals surface area contributed by atoms with Gasteiger partial charge in [-0.2, -0.15) is 0 Å². The van der Waals surface area contributed by atoms with E-state index in [2.05, 4.69) is 5.32 Å². The van der Waals surface area contributed by atoms with Gasteiger partial charge in [0, 0.05) is 32.9 Å². The maximum Gasteiger partial charge on any atom is 0.264 e. The molecule has 1 fully saturated rings. The highest BCUT2D eigenvalue weighted by Crippen LogP contribution is 2.31. The summed E-state index contributed by atoms with van der Waals surface area (Å²) in [6, 6.07) is 9.63. The van der Waals surface area contributed by atoms with Crippen molar-refractivity contribution in [1.82, 2.24) is 14.8 Å². The molecule has 1 aromatic carbocycles. The third-order valence-corrected chi connectivity index (χ3v) is 6.13. The van der Waals surface area contributed by atoms with Crippen LogP contribution >= 0.6 is 0 Å². The molecule has 8 nitrogen and oxygen atoms in total. The summed E-state index contributed by atoms with van der Waals surface area (Å²) in [6.07, 6.45) is 2.27. The maximum atomic E-state index is 13.3. The SMILES string of the molecule is COCCNC(=O)c1c2c(cn(Cc3ccccc3)c1=O)CN(C(=O)C1(C)COC1)CC2. The van der Waals surface area contributed by atoms with Gasteiger partial charge in [0.1, 0.15) is 5.56 Å². The summed E-state index contributed by atoms with van der Waals surface area (Å²) in [5.41, 5.74) is 1.88. The van der Waals surface area contributed by atoms with Gasteiger partial charge >= 0.3 is 0 Å². The van der Waals surface area contributed by atoms with Crippen LogP contribution in [0, 0.1) is 5.41 Å². The van der Waals surface area contributed by atoms with Crippen LogP contribution in [0.5, 0.6) is 0 Å². The number of rotatable bonds is 7. The molecule has 32 heavy (non-hydrogen) atoms. The largest absolute Gasteiger partial charge is 0.383 e. The molecular weight excluding hydrogens is 410 g/mol. The Balaban J connectivity index is 1.69. The number of pyridine rings is 1. The minimum atomic E-state index is -0.490. The molecule has 2 aliphatic rings. The van der Waals surface area contributed by atoms with Crippen LogP contribution in [-0.4, -0.2) is 61.3 Å². The number of methoxy groups -OCH3 is 1. The Morgan fingerprint density at radius 3 is 2.62 bits per heavy atom. The van der Waals surface area contributed by atoms with Crippen molar-refractivity contribution in [2.24, 2.45) is 5.41 Å². The summed E-state index contributed by atoms with van der Waals surface area (Å²) in [7, 11) is 1.56. The molecule has 0 radical (unpaired) electrons. The fourth-order valence-electron chi connectivity index (χ4n) is 4.28. The molecule has 2 aromatic rings. The van der Waals surface area contributed by atoms with Crippen LogP contribution < -0.4 is 10.9 Å². The number of ether oxygens (including phenoxy) is 2. The number of fused-ring (bicyclic) bond motifs is 1. The van der Waals surface area contributed by atoms with Gasteiger partial charge in [-0.25, -0.2) is 0 Å². The van der Waals surface area contributed by atoms with E-state index < -0.39 is 11.3 Å². The van der Waals surface area contributed by atoms with Crippen LogP contribution in [0.25, 0.3) is 0 Å². The molecule has 0 bridgehead atoms. The number of carbonyl (C=O) groups excluding carboxylic acids is 2. The van der Waals surface area contributed by atoms with Gasteiger partial charge in [-0.05, 0) is 30.0 Å². The van der Waals surface area contributed by atoms with E-state index in [4.69, 9.17) is 9.47 Å². The van der Waals surface area contributed by atoms with E-state index in [0.29, 0.717) is 52.4 Å². The van der Waals surface area contributed by atoms with Gasteiger partial charge in [0.25, 0.3) is 11.5 Å². The fourth-order valence-corrected chi connectivity index (χ4v) is 4.28. The lowest BCUT2D eigenvalue weighted by atomic mass is 9.85. The number of nitrogens with zero attached hydrogens (tertiary/aromatic N) is 2. The average Bonchev–Trinajstić information content (AvgIpc) is 2.78. The Morgan fingerprint density at radius 1 is 1.22 bits per heavy atom. The molecule has 1 aromatic heterocycles. The number of carbonyl (C=O) groups is 2. The zero-order valence-electron chi connectivity index (χ0n) is 18.6. The zero-order chi connectivity index (χ0) is 22.7. The number of aromatic nitrogens is 1. The van der Waals surface area contributed by atoms with Crippen LogP contribution in [-0.2, 0) is 33.8 Å². The quantitative estimate of drug-likeness (QED) is 0.655. The van der Waals surface area contributed by atoms with Crippen molar-refractivity contribution < 1.29 is 19.1 Å². The van der Waals surface area contributed by atoms with Gasteiger partial charge in [-0.1, -0.05) is 30.3 Å². The smallest absolute Gasteiger partial charge is 0.264 e. The molecule has 0 aliphatic carbocycles. The first-order chi connectivity index (χ1) is 15.4. The van der Waals surface area contributed by atoms with Crippen LogP contribution in [0.3, 0.4) is 0 Å². The van der Waals surface area contributed by atoms with E-state index in [1.165, 1.54) is 0 Å². The second-order valence-electron chi connectivity index (χ2n) is 8.71. The summed E-state index contributed by atoms with van der Waals surface area (Å²) < 4.78 is 11.8. The molecule has 1 saturated heterocycles. The number of hydrogen-bond donors (Lipinski definition) is 1. The minimum absolute atomic E-state index is 0.0568. The van der Waals surface area contributed by atoms with Gasteiger partial charge in [0.2, 0.25) is 5.91 Å². The van der Waals surface area contributed by atoms with Gasteiger partial charge in [0.15, 0.2) is 0 Å². The Labute approximate surface area is 187 Å². The number of amides is 2. The van der Waals surface area contributed by atoms with Gasteiger partial charge in [-0.15, -0.1) is 0 Å². The Morgan fingerprint density at radius 2 is 1.97 bits per heavy atom. The van der Waals surface area contributed by atoms with Crippen molar-refractivity contribution in [3.63, 3.8) is 0 Å². The first kappa shape index (κ1) is 22.2. The predicted molar refractivity (Wildman–Crippen MR) is 119 cm³/mol. The lowest BCUT2D eigenvalue weighted by molar-refractivity contribution is -0.169. The number of nitrogens with one attached hydrogen (secondary N) is 1. The molecule has 0 spiro atoms. The molecular formula is C24H29N3O5. The maximum absolute atomic E-state index is 13.3. The summed E-state index contributed by atoms with van der Waals surface area (Å²) >= 11 is 0. The van der Waals surface area contributed by atoms with E-state index in [1.54, 1.807) is 17.9 Å². The van der Waals surface area contributed by atoms with Crippen LogP contribution in [0.4, 0.5) is 0 Å². The highest BCUT2D eigenvalue weighted by atomic mass is 16.5. The Hall–Kier alpha value is -2.97. The Kier molecular flexibility index (Phi) is 6.43. The fraction of sp³-hybridized carbons (Fsp3) is 0.458. The van der Waals surface area contributed by atoms with Crippen molar-refractivity contribution in [2.45, 2.75) is 26.4 Å².